The van der Waals surface area contributed by atoms with Gasteiger partial charge in [-0.3, -0.25) is 14.3 Å². The van der Waals surface area contributed by atoms with E-state index in [1.54, 1.807) is 6.33 Å². The van der Waals surface area contributed by atoms with Crippen LogP contribution >= 0.6 is 11.6 Å². The first-order valence-electron chi connectivity index (χ1n) is 15.6. The molecule has 0 spiro atoms. The van der Waals surface area contributed by atoms with Gasteiger partial charge in [0, 0.05) is 36.7 Å². The molecule has 0 bridgehead atoms. The van der Waals surface area contributed by atoms with Crippen LogP contribution in [-0.2, 0) is 22.6 Å². The molecule has 2 saturated carbocycles. The van der Waals surface area contributed by atoms with Crippen molar-refractivity contribution in [3.8, 4) is 0 Å². The van der Waals surface area contributed by atoms with Crippen molar-refractivity contribution in [1.82, 2.24) is 30.3 Å². The maximum Gasteiger partial charge on any atom is 0.240 e. The normalized spacial score (nSPS) is 24.1. The topological polar surface area (TPSA) is 118 Å². The second-order valence-electron chi connectivity index (χ2n) is 12.5. The van der Waals surface area contributed by atoms with Gasteiger partial charge < -0.3 is 21.3 Å². The van der Waals surface area contributed by atoms with E-state index in [1.165, 1.54) is 32.1 Å². The summed E-state index contributed by atoms with van der Waals surface area (Å²) in [7, 11) is 0. The van der Waals surface area contributed by atoms with Gasteiger partial charge in [-0.2, -0.15) is 5.10 Å². The summed E-state index contributed by atoms with van der Waals surface area (Å²) in [6, 6.07) is 7.93. The summed E-state index contributed by atoms with van der Waals surface area (Å²) < 4.78 is 2.00. The van der Waals surface area contributed by atoms with E-state index < -0.39 is 0 Å². The Hall–Kier alpha value is -2.49. The highest BCUT2D eigenvalue weighted by molar-refractivity contribution is 6.30. The number of nitrogens with zero attached hydrogens (tertiary/aromatic N) is 4. The molecule has 10 heteroatoms. The van der Waals surface area contributed by atoms with E-state index in [1.807, 2.05) is 35.3 Å². The van der Waals surface area contributed by atoms with E-state index in [0.29, 0.717) is 17.4 Å². The van der Waals surface area contributed by atoms with Crippen molar-refractivity contribution in [3.63, 3.8) is 0 Å². The first kappa shape index (κ1) is 30.0. The number of carbonyl (C=O) groups is 2. The summed E-state index contributed by atoms with van der Waals surface area (Å²) in [6.07, 6.45) is 16.2. The van der Waals surface area contributed by atoms with Gasteiger partial charge in [-0.25, -0.2) is 4.98 Å². The molecule has 41 heavy (non-hydrogen) atoms. The van der Waals surface area contributed by atoms with Crippen molar-refractivity contribution in [3.05, 3.63) is 47.5 Å². The molecule has 3 aliphatic rings. The van der Waals surface area contributed by atoms with Crippen LogP contribution in [0, 0.1) is 11.3 Å². The van der Waals surface area contributed by atoms with Crippen LogP contribution in [0.25, 0.3) is 0 Å². The largest absolute Gasteiger partial charge is 0.352 e. The zero-order chi connectivity index (χ0) is 28.7. The van der Waals surface area contributed by atoms with E-state index in [9.17, 15) is 9.59 Å². The van der Waals surface area contributed by atoms with Gasteiger partial charge in [0.15, 0.2) is 0 Å². The summed E-state index contributed by atoms with van der Waals surface area (Å²) in [5.41, 5.74) is 6.74. The van der Waals surface area contributed by atoms with Crippen LogP contribution < -0.4 is 16.4 Å². The molecule has 1 saturated heterocycles. The zero-order valence-corrected chi connectivity index (χ0v) is 24.9. The van der Waals surface area contributed by atoms with E-state index in [4.69, 9.17) is 17.3 Å². The molecular formula is C31H46ClN7O2. The number of aromatic nitrogens is 3. The Morgan fingerprint density at radius 1 is 1.00 bits per heavy atom. The molecule has 224 valence electrons. The molecule has 1 atom stereocenters. The summed E-state index contributed by atoms with van der Waals surface area (Å²) in [5.74, 6) is 0.766. The lowest BCUT2D eigenvalue weighted by molar-refractivity contribution is -0.137. The minimum Gasteiger partial charge on any atom is -0.352 e. The molecule has 4 N–H and O–H groups in total. The predicted octanol–water partition coefficient (Wildman–Crippen LogP) is 3.71. The molecular weight excluding hydrogens is 538 g/mol. The smallest absolute Gasteiger partial charge is 0.240 e. The number of carbonyl (C=O) groups excluding carboxylic acids is 2. The van der Waals surface area contributed by atoms with Crippen LogP contribution in [0.15, 0.2) is 36.9 Å². The molecule has 2 aliphatic carbocycles. The average molecular weight is 584 g/mol. The van der Waals surface area contributed by atoms with Crippen LogP contribution in [-0.4, -0.2) is 69.2 Å². The van der Waals surface area contributed by atoms with Gasteiger partial charge in [-0.15, -0.1) is 0 Å². The van der Waals surface area contributed by atoms with E-state index >= 15 is 0 Å². The predicted molar refractivity (Wildman–Crippen MR) is 160 cm³/mol. The third-order valence-electron chi connectivity index (χ3n) is 9.85. The SMILES string of the molecule is NCC(=O)N[C@H]1CC[C@@H](N[C@H](Cc2ccc(Cl)cc2)C(=O)N2CCC(Cn3cncn3)(C3CCCCC3)CC2)CC1. The monoisotopic (exact) mass is 583 g/mol. The Labute approximate surface area is 249 Å². The first-order chi connectivity index (χ1) is 19.9. The lowest BCUT2D eigenvalue weighted by Gasteiger charge is -2.48. The van der Waals surface area contributed by atoms with Gasteiger partial charge in [-0.1, -0.05) is 43.0 Å². The number of nitrogens with two attached hydrogens (primary N) is 1. The van der Waals surface area contributed by atoms with Crippen LogP contribution in [0.1, 0.15) is 76.2 Å². The Morgan fingerprint density at radius 2 is 1.68 bits per heavy atom. The lowest BCUT2D eigenvalue weighted by Crippen LogP contribution is -2.56. The zero-order valence-electron chi connectivity index (χ0n) is 24.1. The molecule has 2 amide bonds. The van der Waals surface area contributed by atoms with E-state index in [-0.39, 0.29) is 41.9 Å². The fraction of sp³-hybridized carbons (Fsp3) is 0.677. The summed E-state index contributed by atoms with van der Waals surface area (Å²) >= 11 is 6.15. The van der Waals surface area contributed by atoms with Gasteiger partial charge >= 0.3 is 0 Å². The number of hydrogen-bond acceptors (Lipinski definition) is 6. The van der Waals surface area contributed by atoms with Crippen molar-refractivity contribution in [2.24, 2.45) is 17.1 Å². The first-order valence-corrected chi connectivity index (χ1v) is 15.9. The molecule has 1 aromatic carbocycles. The number of benzene rings is 1. The van der Waals surface area contributed by atoms with Crippen LogP contribution in [0.3, 0.4) is 0 Å². The molecule has 2 heterocycles. The summed E-state index contributed by atoms with van der Waals surface area (Å²) in [6.45, 7) is 2.46. The lowest BCUT2D eigenvalue weighted by atomic mass is 9.63. The third-order valence-corrected chi connectivity index (χ3v) is 10.1. The van der Waals surface area contributed by atoms with Gasteiger partial charge in [-0.05, 0) is 86.8 Å². The molecule has 0 radical (unpaired) electrons. The van der Waals surface area contributed by atoms with Gasteiger partial charge in [0.05, 0.1) is 12.6 Å². The summed E-state index contributed by atoms with van der Waals surface area (Å²) in [4.78, 5) is 32.2. The van der Waals surface area contributed by atoms with Crippen molar-refractivity contribution in [2.75, 3.05) is 19.6 Å². The number of likely N-dealkylation sites (tertiary alicyclic amines) is 1. The van der Waals surface area contributed by atoms with Crippen molar-refractivity contribution in [2.45, 2.75) is 102 Å². The van der Waals surface area contributed by atoms with Crippen molar-refractivity contribution < 1.29 is 9.59 Å². The molecule has 2 aromatic rings. The maximum absolute atomic E-state index is 14.1. The number of piperidine rings is 1. The maximum atomic E-state index is 14.1. The Balaban J connectivity index is 1.25. The second-order valence-corrected chi connectivity index (χ2v) is 12.9. The van der Waals surface area contributed by atoms with Crippen LogP contribution in [0.5, 0.6) is 0 Å². The Bertz CT molecular complexity index is 1100. The van der Waals surface area contributed by atoms with Crippen molar-refractivity contribution >= 4 is 23.4 Å². The Morgan fingerprint density at radius 3 is 2.32 bits per heavy atom. The van der Waals surface area contributed by atoms with Gasteiger partial charge in [0.1, 0.15) is 12.7 Å². The summed E-state index contributed by atoms with van der Waals surface area (Å²) in [5, 5.41) is 11.9. The van der Waals surface area contributed by atoms with E-state index in [2.05, 4.69) is 25.6 Å². The number of hydrogen-bond donors (Lipinski definition) is 3. The van der Waals surface area contributed by atoms with Gasteiger partial charge in [0.25, 0.3) is 0 Å². The quantitative estimate of drug-likeness (QED) is 0.392. The fourth-order valence-corrected chi connectivity index (χ4v) is 7.62. The van der Waals surface area contributed by atoms with Crippen LogP contribution in [0.4, 0.5) is 0 Å². The highest BCUT2D eigenvalue weighted by Gasteiger charge is 2.44. The molecule has 9 nitrogen and oxygen atoms in total. The molecule has 1 aliphatic heterocycles. The minimum absolute atomic E-state index is 0.0204. The highest BCUT2D eigenvalue weighted by Crippen LogP contribution is 2.47. The fourth-order valence-electron chi connectivity index (χ4n) is 7.49. The van der Waals surface area contributed by atoms with E-state index in [0.717, 1.165) is 63.7 Å². The number of nitrogens with one attached hydrogen (secondary N) is 2. The standard InChI is InChI=1S/C31H46ClN7O2/c32-25-8-6-23(7-9-25)18-28(36-26-10-12-27(13-11-26)37-29(40)19-33)30(41)38-16-14-31(15-17-38,20-39-22-34-21-35-39)24-4-2-1-3-5-24/h6-9,21-22,24,26-28,36H,1-5,10-20,33H2,(H,37,40)/t26-,27+,28-/m1/s1. The minimum atomic E-state index is -0.297. The number of rotatable bonds is 10. The second kappa shape index (κ2) is 14.1. The van der Waals surface area contributed by atoms with Gasteiger partial charge in [0.2, 0.25) is 11.8 Å². The Kier molecular flexibility index (Phi) is 10.3. The van der Waals surface area contributed by atoms with Crippen molar-refractivity contribution in [1.29, 1.82) is 0 Å². The van der Waals surface area contributed by atoms with Crippen LogP contribution in [0.2, 0.25) is 5.02 Å². The average Bonchev–Trinajstić information content (AvgIpc) is 3.52. The molecule has 3 fully saturated rings. The molecule has 1 aromatic heterocycles. The molecule has 5 rings (SSSR count). The number of amides is 2. The third kappa shape index (κ3) is 7.87. The number of halogens is 1. The molecule has 0 unspecified atom stereocenters. The highest BCUT2D eigenvalue weighted by atomic mass is 35.5.